The zero-order valence-electron chi connectivity index (χ0n) is 9.19. The van der Waals surface area contributed by atoms with Gasteiger partial charge in [-0.05, 0) is 19.4 Å². The largest absolute Gasteiger partial charge is 0.310 e. The molecule has 1 rings (SSSR count). The van der Waals surface area contributed by atoms with E-state index in [1.165, 1.54) is 6.07 Å². The number of rotatable bonds is 5. The van der Waals surface area contributed by atoms with Gasteiger partial charge in [0.15, 0.2) is 11.6 Å². The summed E-state index contributed by atoms with van der Waals surface area (Å²) >= 11 is 0. The summed E-state index contributed by atoms with van der Waals surface area (Å²) in [6, 6.07) is 4.59. The summed E-state index contributed by atoms with van der Waals surface area (Å²) in [5.41, 5.74) is 0.387. The Morgan fingerprint density at radius 3 is 2.73 bits per heavy atom. The Balaban J connectivity index is 2.54. The average Bonchev–Trinajstić information content (AvgIpc) is 2.21. The molecule has 0 radical (unpaired) electrons. The van der Waals surface area contributed by atoms with Crippen LogP contribution in [0.15, 0.2) is 18.2 Å². The summed E-state index contributed by atoms with van der Waals surface area (Å²) in [6.45, 7) is 4.52. The molecule has 0 bridgehead atoms. The molecule has 15 heavy (non-hydrogen) atoms. The second-order valence-corrected chi connectivity index (χ2v) is 3.78. The second kappa shape index (κ2) is 5.81. The molecule has 0 saturated heterocycles. The van der Waals surface area contributed by atoms with E-state index in [0.717, 1.165) is 18.9 Å². The van der Waals surface area contributed by atoms with Crippen LogP contribution in [-0.2, 0) is 6.54 Å². The molecule has 0 aromatic heterocycles. The van der Waals surface area contributed by atoms with Crippen LogP contribution < -0.4 is 5.32 Å². The van der Waals surface area contributed by atoms with Gasteiger partial charge < -0.3 is 5.32 Å². The van der Waals surface area contributed by atoms with Crippen molar-refractivity contribution in [3.8, 4) is 0 Å². The summed E-state index contributed by atoms with van der Waals surface area (Å²) in [5, 5.41) is 3.16. The minimum absolute atomic E-state index is 0.331. The number of benzene rings is 1. The predicted octanol–water partition coefficient (Wildman–Crippen LogP) is 3.24. The quantitative estimate of drug-likeness (QED) is 0.791. The van der Waals surface area contributed by atoms with Crippen molar-refractivity contribution < 1.29 is 8.78 Å². The third-order valence-corrected chi connectivity index (χ3v) is 2.39. The topological polar surface area (TPSA) is 12.0 Å². The maximum absolute atomic E-state index is 13.2. The monoisotopic (exact) mass is 213 g/mol. The first kappa shape index (κ1) is 12.1. The summed E-state index contributed by atoms with van der Waals surface area (Å²) in [7, 11) is 0. The van der Waals surface area contributed by atoms with Crippen molar-refractivity contribution >= 4 is 0 Å². The van der Waals surface area contributed by atoms with Crippen LogP contribution in [0.25, 0.3) is 0 Å². The molecule has 0 heterocycles. The zero-order valence-corrected chi connectivity index (χ0v) is 9.19. The minimum atomic E-state index is -0.780. The third kappa shape index (κ3) is 3.59. The fourth-order valence-corrected chi connectivity index (χ4v) is 1.50. The molecule has 0 saturated carbocycles. The van der Waals surface area contributed by atoms with E-state index in [1.54, 1.807) is 6.07 Å². The molecule has 84 valence electrons. The Morgan fingerprint density at radius 1 is 1.33 bits per heavy atom. The molecule has 1 aromatic carbocycles. The Bertz CT molecular complexity index is 312. The summed E-state index contributed by atoms with van der Waals surface area (Å²) in [4.78, 5) is 0. The van der Waals surface area contributed by atoms with Gasteiger partial charge in [0, 0.05) is 18.2 Å². The average molecular weight is 213 g/mol. The molecule has 0 aliphatic heterocycles. The highest BCUT2D eigenvalue weighted by Crippen LogP contribution is 2.11. The molecule has 1 nitrogen and oxygen atoms in total. The minimum Gasteiger partial charge on any atom is -0.310 e. The van der Waals surface area contributed by atoms with Crippen LogP contribution >= 0.6 is 0 Å². The Morgan fingerprint density at radius 2 is 2.07 bits per heavy atom. The molecule has 1 unspecified atom stereocenters. The van der Waals surface area contributed by atoms with Gasteiger partial charge in [0.1, 0.15) is 0 Å². The van der Waals surface area contributed by atoms with E-state index in [0.29, 0.717) is 18.2 Å². The van der Waals surface area contributed by atoms with Crippen molar-refractivity contribution in [3.63, 3.8) is 0 Å². The highest BCUT2D eigenvalue weighted by Gasteiger charge is 2.08. The Kier molecular flexibility index (Phi) is 4.69. The van der Waals surface area contributed by atoms with E-state index in [9.17, 15) is 8.78 Å². The molecule has 0 aliphatic rings. The molecule has 1 atom stereocenters. The van der Waals surface area contributed by atoms with Crippen molar-refractivity contribution in [2.75, 3.05) is 0 Å². The van der Waals surface area contributed by atoms with E-state index in [2.05, 4.69) is 12.2 Å². The van der Waals surface area contributed by atoms with Crippen molar-refractivity contribution in [1.82, 2.24) is 5.32 Å². The fraction of sp³-hybridized carbons (Fsp3) is 0.500. The van der Waals surface area contributed by atoms with E-state index < -0.39 is 11.6 Å². The molecular weight excluding hydrogens is 196 g/mol. The lowest BCUT2D eigenvalue weighted by Gasteiger charge is -2.12. The van der Waals surface area contributed by atoms with Crippen LogP contribution in [0.4, 0.5) is 8.78 Å². The molecular formula is C12H17F2N. The van der Waals surface area contributed by atoms with Crippen LogP contribution in [0.3, 0.4) is 0 Å². The van der Waals surface area contributed by atoms with E-state index in [4.69, 9.17) is 0 Å². The van der Waals surface area contributed by atoms with E-state index >= 15 is 0 Å². The maximum Gasteiger partial charge on any atom is 0.163 e. The van der Waals surface area contributed by atoms with Crippen molar-refractivity contribution in [3.05, 3.63) is 35.4 Å². The van der Waals surface area contributed by atoms with Gasteiger partial charge in [0.2, 0.25) is 0 Å². The number of halogens is 2. The maximum atomic E-state index is 13.2. The van der Waals surface area contributed by atoms with E-state index in [1.807, 2.05) is 6.92 Å². The predicted molar refractivity (Wildman–Crippen MR) is 57.6 cm³/mol. The second-order valence-electron chi connectivity index (χ2n) is 3.78. The van der Waals surface area contributed by atoms with Gasteiger partial charge in [-0.2, -0.15) is 0 Å². The first-order valence-corrected chi connectivity index (χ1v) is 5.31. The van der Waals surface area contributed by atoms with Gasteiger partial charge in [-0.1, -0.05) is 25.5 Å². The summed E-state index contributed by atoms with van der Waals surface area (Å²) in [6.07, 6.45) is 2.12. The Hall–Kier alpha value is -0.960. The van der Waals surface area contributed by atoms with Gasteiger partial charge in [-0.15, -0.1) is 0 Å². The lowest BCUT2D eigenvalue weighted by Crippen LogP contribution is -2.25. The van der Waals surface area contributed by atoms with Crippen LogP contribution in [0.1, 0.15) is 32.3 Å². The number of hydrogen-bond acceptors (Lipinski definition) is 1. The molecule has 3 heteroatoms. The third-order valence-electron chi connectivity index (χ3n) is 2.39. The zero-order chi connectivity index (χ0) is 11.3. The van der Waals surface area contributed by atoms with Crippen molar-refractivity contribution in [2.45, 2.75) is 39.3 Å². The highest BCUT2D eigenvalue weighted by atomic mass is 19.2. The highest BCUT2D eigenvalue weighted by molar-refractivity contribution is 5.18. The molecule has 1 N–H and O–H groups in total. The molecule has 0 spiro atoms. The van der Waals surface area contributed by atoms with Crippen molar-refractivity contribution in [1.29, 1.82) is 0 Å². The molecule has 1 aromatic rings. The van der Waals surface area contributed by atoms with Gasteiger partial charge in [-0.25, -0.2) is 8.78 Å². The summed E-state index contributed by atoms with van der Waals surface area (Å²) in [5.74, 6) is -1.52. The first-order chi connectivity index (χ1) is 7.15. The SMILES string of the molecule is CCCC(C)NCc1cccc(F)c1F. The van der Waals surface area contributed by atoms with Crippen LogP contribution in [-0.4, -0.2) is 6.04 Å². The standard InChI is InChI=1S/C12H17F2N/c1-3-5-9(2)15-8-10-6-4-7-11(13)12(10)14/h4,6-7,9,15H,3,5,8H2,1-2H3. The lowest BCUT2D eigenvalue weighted by atomic mass is 10.1. The smallest absolute Gasteiger partial charge is 0.163 e. The molecule has 0 amide bonds. The molecule has 0 fully saturated rings. The Labute approximate surface area is 89.5 Å². The van der Waals surface area contributed by atoms with Crippen LogP contribution in [0.5, 0.6) is 0 Å². The lowest BCUT2D eigenvalue weighted by molar-refractivity contribution is 0.471. The van der Waals surface area contributed by atoms with Gasteiger partial charge in [0.25, 0.3) is 0 Å². The van der Waals surface area contributed by atoms with Crippen molar-refractivity contribution in [2.24, 2.45) is 0 Å². The first-order valence-electron chi connectivity index (χ1n) is 5.31. The molecule has 0 aliphatic carbocycles. The van der Waals surface area contributed by atoms with Crippen LogP contribution in [0, 0.1) is 11.6 Å². The summed E-state index contributed by atoms with van der Waals surface area (Å²) < 4.78 is 26.1. The van der Waals surface area contributed by atoms with E-state index in [-0.39, 0.29) is 0 Å². The van der Waals surface area contributed by atoms with Gasteiger partial charge in [0.05, 0.1) is 0 Å². The fourth-order valence-electron chi connectivity index (χ4n) is 1.50. The number of nitrogens with one attached hydrogen (secondary N) is 1. The van der Waals surface area contributed by atoms with Gasteiger partial charge in [-0.3, -0.25) is 0 Å². The van der Waals surface area contributed by atoms with Crippen LogP contribution in [0.2, 0.25) is 0 Å². The number of hydrogen-bond donors (Lipinski definition) is 1. The van der Waals surface area contributed by atoms with Gasteiger partial charge >= 0.3 is 0 Å². The normalized spacial score (nSPS) is 12.8.